The standard InChI is InChI=1S/C27H21BrClFN2O5/c1-3-36-23-12-17(11-21(28)24(23)37-14-16-5-8-19(30)9-6-16)10-20-25(33)31-27(35)32(26(20)34)22-13-18(29)7-4-15(22)2/h4-13H,3,14H2,1-2H3,(H,31,33,35)/b20-10+. The SMILES string of the molecule is CCOc1cc(/C=C2\C(=O)NC(=O)N(c3cc(Cl)ccc3C)C2=O)cc(Br)c1OCc1ccc(F)cc1. The Kier molecular flexibility index (Phi) is 7.94. The highest BCUT2D eigenvalue weighted by Crippen LogP contribution is 2.38. The Morgan fingerprint density at radius 1 is 1.05 bits per heavy atom. The molecule has 0 aromatic heterocycles. The van der Waals surface area contributed by atoms with Gasteiger partial charge in [-0.05, 0) is 88.9 Å². The van der Waals surface area contributed by atoms with Gasteiger partial charge < -0.3 is 9.47 Å². The molecule has 0 aliphatic carbocycles. The molecule has 1 fully saturated rings. The second-order valence-electron chi connectivity index (χ2n) is 8.07. The van der Waals surface area contributed by atoms with Crippen LogP contribution in [0.1, 0.15) is 23.6 Å². The second kappa shape index (κ2) is 11.1. The molecular weight excluding hydrogens is 567 g/mol. The molecule has 0 radical (unpaired) electrons. The molecule has 7 nitrogen and oxygen atoms in total. The highest BCUT2D eigenvalue weighted by atomic mass is 79.9. The lowest BCUT2D eigenvalue weighted by Gasteiger charge is -2.27. The van der Waals surface area contributed by atoms with Crippen molar-refractivity contribution < 1.29 is 28.2 Å². The number of aryl methyl sites for hydroxylation is 1. The second-order valence-corrected chi connectivity index (χ2v) is 9.36. The number of barbiturate groups is 1. The highest BCUT2D eigenvalue weighted by Gasteiger charge is 2.37. The zero-order chi connectivity index (χ0) is 26.7. The van der Waals surface area contributed by atoms with E-state index in [4.69, 9.17) is 21.1 Å². The lowest BCUT2D eigenvalue weighted by molar-refractivity contribution is -0.122. The molecule has 1 saturated heterocycles. The van der Waals surface area contributed by atoms with Crippen LogP contribution in [-0.4, -0.2) is 24.5 Å². The lowest BCUT2D eigenvalue weighted by Crippen LogP contribution is -2.54. The Hall–Kier alpha value is -3.69. The van der Waals surface area contributed by atoms with E-state index in [-0.39, 0.29) is 23.7 Å². The Morgan fingerprint density at radius 3 is 2.49 bits per heavy atom. The largest absolute Gasteiger partial charge is 0.490 e. The number of carbonyl (C=O) groups is 3. The first kappa shape index (κ1) is 26.4. The Balaban J connectivity index is 1.67. The number of anilines is 1. The van der Waals surface area contributed by atoms with Crippen LogP contribution in [0.15, 0.2) is 64.6 Å². The summed E-state index contributed by atoms with van der Waals surface area (Å²) in [6, 6.07) is 13.1. The summed E-state index contributed by atoms with van der Waals surface area (Å²) in [6.07, 6.45) is 1.37. The van der Waals surface area contributed by atoms with Gasteiger partial charge in [-0.15, -0.1) is 0 Å². The number of halogens is 3. The molecule has 1 heterocycles. The van der Waals surface area contributed by atoms with Crippen molar-refractivity contribution in [2.45, 2.75) is 20.5 Å². The van der Waals surface area contributed by atoms with Gasteiger partial charge in [0.2, 0.25) is 0 Å². The van der Waals surface area contributed by atoms with Crippen molar-refractivity contribution in [3.05, 3.63) is 92.2 Å². The summed E-state index contributed by atoms with van der Waals surface area (Å²) in [7, 11) is 0. The Labute approximate surface area is 225 Å². The summed E-state index contributed by atoms with van der Waals surface area (Å²) in [4.78, 5) is 39.4. The fourth-order valence-electron chi connectivity index (χ4n) is 3.68. The number of hydrogen-bond donors (Lipinski definition) is 1. The average Bonchev–Trinajstić information content (AvgIpc) is 2.84. The van der Waals surface area contributed by atoms with E-state index in [1.807, 2.05) is 0 Å². The molecule has 0 unspecified atom stereocenters. The molecule has 3 aromatic rings. The van der Waals surface area contributed by atoms with E-state index >= 15 is 0 Å². The maximum atomic E-state index is 13.3. The highest BCUT2D eigenvalue weighted by molar-refractivity contribution is 9.10. The van der Waals surface area contributed by atoms with E-state index in [0.29, 0.717) is 38.7 Å². The number of benzene rings is 3. The molecule has 0 bridgehead atoms. The molecule has 0 saturated carbocycles. The van der Waals surface area contributed by atoms with Crippen molar-refractivity contribution in [2.24, 2.45) is 0 Å². The van der Waals surface area contributed by atoms with Gasteiger partial charge in [-0.1, -0.05) is 29.8 Å². The zero-order valence-corrected chi connectivity index (χ0v) is 22.2. The minimum Gasteiger partial charge on any atom is -0.490 e. The van der Waals surface area contributed by atoms with Crippen LogP contribution in [0.4, 0.5) is 14.9 Å². The summed E-state index contributed by atoms with van der Waals surface area (Å²) in [5, 5.41) is 2.54. The van der Waals surface area contributed by atoms with Crippen LogP contribution >= 0.6 is 27.5 Å². The Morgan fingerprint density at radius 2 is 1.78 bits per heavy atom. The number of carbonyl (C=O) groups excluding carboxylic acids is 3. The van der Waals surface area contributed by atoms with Crippen molar-refractivity contribution >= 4 is 57.1 Å². The van der Waals surface area contributed by atoms with Crippen molar-refractivity contribution in [1.29, 1.82) is 0 Å². The minimum atomic E-state index is -0.863. The first-order chi connectivity index (χ1) is 17.7. The number of nitrogens with zero attached hydrogens (tertiary/aromatic N) is 1. The minimum absolute atomic E-state index is 0.163. The predicted octanol–water partition coefficient (Wildman–Crippen LogP) is 6.19. The number of urea groups is 1. The molecule has 1 aliphatic heterocycles. The number of amides is 4. The van der Waals surface area contributed by atoms with E-state index in [0.717, 1.165) is 10.5 Å². The average molecular weight is 588 g/mol. The number of ether oxygens (including phenoxy) is 2. The van der Waals surface area contributed by atoms with Crippen LogP contribution < -0.4 is 19.7 Å². The summed E-state index contributed by atoms with van der Waals surface area (Å²) < 4.78 is 25.4. The van der Waals surface area contributed by atoms with Crippen molar-refractivity contribution in [3.8, 4) is 11.5 Å². The summed E-state index contributed by atoms with van der Waals surface area (Å²) in [6.45, 7) is 4.02. The number of hydrogen-bond acceptors (Lipinski definition) is 5. The maximum absolute atomic E-state index is 13.3. The van der Waals surface area contributed by atoms with Gasteiger partial charge in [-0.3, -0.25) is 14.9 Å². The van der Waals surface area contributed by atoms with Crippen molar-refractivity contribution in [2.75, 3.05) is 11.5 Å². The fraction of sp³-hybridized carbons (Fsp3) is 0.148. The van der Waals surface area contributed by atoms with Crippen LogP contribution in [0.5, 0.6) is 11.5 Å². The molecule has 4 rings (SSSR count). The number of nitrogens with one attached hydrogen (secondary N) is 1. The van der Waals surface area contributed by atoms with E-state index in [2.05, 4.69) is 21.2 Å². The van der Waals surface area contributed by atoms with Gasteiger partial charge in [0.15, 0.2) is 11.5 Å². The third kappa shape index (κ3) is 5.84. The Bertz CT molecular complexity index is 1430. The quantitative estimate of drug-likeness (QED) is 0.263. The molecule has 1 N–H and O–H groups in total. The molecular formula is C27H21BrClFN2O5. The molecule has 190 valence electrons. The predicted molar refractivity (Wildman–Crippen MR) is 141 cm³/mol. The van der Waals surface area contributed by atoms with Crippen LogP contribution in [0.3, 0.4) is 0 Å². The molecule has 10 heteroatoms. The van der Waals surface area contributed by atoms with Gasteiger partial charge in [0.1, 0.15) is 18.0 Å². The van der Waals surface area contributed by atoms with Gasteiger partial charge in [0.25, 0.3) is 11.8 Å². The maximum Gasteiger partial charge on any atom is 0.335 e. The van der Waals surface area contributed by atoms with Gasteiger partial charge in [-0.25, -0.2) is 14.1 Å². The van der Waals surface area contributed by atoms with Gasteiger partial charge in [-0.2, -0.15) is 0 Å². The van der Waals surface area contributed by atoms with Gasteiger partial charge in [0.05, 0.1) is 16.8 Å². The van der Waals surface area contributed by atoms with E-state index in [9.17, 15) is 18.8 Å². The molecule has 3 aromatic carbocycles. The summed E-state index contributed by atoms with van der Waals surface area (Å²) >= 11 is 9.54. The monoisotopic (exact) mass is 586 g/mol. The van der Waals surface area contributed by atoms with E-state index < -0.39 is 17.8 Å². The third-order valence-electron chi connectivity index (χ3n) is 5.45. The topological polar surface area (TPSA) is 84.9 Å². The molecule has 1 aliphatic rings. The van der Waals surface area contributed by atoms with E-state index in [1.54, 1.807) is 50.2 Å². The van der Waals surface area contributed by atoms with Crippen molar-refractivity contribution in [1.82, 2.24) is 5.32 Å². The number of imide groups is 2. The van der Waals surface area contributed by atoms with Crippen LogP contribution in [-0.2, 0) is 16.2 Å². The summed E-state index contributed by atoms with van der Waals surface area (Å²) in [5.41, 5.74) is 1.88. The van der Waals surface area contributed by atoms with Crippen LogP contribution in [0.25, 0.3) is 6.08 Å². The molecule has 37 heavy (non-hydrogen) atoms. The fourth-order valence-corrected chi connectivity index (χ4v) is 4.42. The molecule has 0 spiro atoms. The smallest absolute Gasteiger partial charge is 0.335 e. The van der Waals surface area contributed by atoms with Gasteiger partial charge >= 0.3 is 6.03 Å². The first-order valence-corrected chi connectivity index (χ1v) is 12.4. The lowest BCUT2D eigenvalue weighted by atomic mass is 10.1. The van der Waals surface area contributed by atoms with Crippen LogP contribution in [0, 0.1) is 12.7 Å². The first-order valence-electron chi connectivity index (χ1n) is 11.2. The molecule has 0 atom stereocenters. The normalized spacial score (nSPS) is 14.7. The van der Waals surface area contributed by atoms with Crippen molar-refractivity contribution in [3.63, 3.8) is 0 Å². The van der Waals surface area contributed by atoms with Crippen LogP contribution in [0.2, 0.25) is 5.02 Å². The number of rotatable bonds is 7. The van der Waals surface area contributed by atoms with Gasteiger partial charge in [0, 0.05) is 5.02 Å². The molecule has 4 amide bonds. The van der Waals surface area contributed by atoms with E-state index in [1.165, 1.54) is 24.3 Å². The zero-order valence-electron chi connectivity index (χ0n) is 19.8. The summed E-state index contributed by atoms with van der Waals surface area (Å²) in [5.74, 6) is -1.18. The third-order valence-corrected chi connectivity index (χ3v) is 6.28.